The molecule has 2 aromatic carbocycles. The molecule has 0 fully saturated rings. The van der Waals surface area contributed by atoms with Gasteiger partial charge in [0.15, 0.2) is 11.5 Å². The second-order valence-corrected chi connectivity index (χ2v) is 8.33. The van der Waals surface area contributed by atoms with Crippen LogP contribution in [-0.2, 0) is 11.2 Å². The van der Waals surface area contributed by atoms with Crippen molar-refractivity contribution in [3.63, 3.8) is 0 Å². The van der Waals surface area contributed by atoms with Gasteiger partial charge in [0.05, 0.1) is 26.9 Å². The van der Waals surface area contributed by atoms with Gasteiger partial charge in [-0.15, -0.1) is 11.3 Å². The van der Waals surface area contributed by atoms with Crippen molar-refractivity contribution in [1.29, 1.82) is 0 Å². The molecule has 3 aromatic rings. The molecule has 35 heavy (non-hydrogen) atoms. The van der Waals surface area contributed by atoms with Gasteiger partial charge < -0.3 is 24.3 Å². The summed E-state index contributed by atoms with van der Waals surface area (Å²) in [7, 11) is 1.32. The number of rotatable bonds is 11. The molecule has 8 heteroatoms. The van der Waals surface area contributed by atoms with Crippen molar-refractivity contribution in [3.8, 4) is 28.4 Å². The predicted octanol–water partition coefficient (Wildman–Crippen LogP) is 6.21. The monoisotopic (exact) mass is 497 g/mol. The lowest BCUT2D eigenvalue weighted by Gasteiger charge is -2.17. The summed E-state index contributed by atoms with van der Waals surface area (Å²) >= 11 is 1.27. The lowest BCUT2D eigenvalue weighted by Crippen LogP contribution is -2.15. The van der Waals surface area contributed by atoms with Crippen LogP contribution >= 0.6 is 11.3 Å². The zero-order valence-electron chi connectivity index (χ0n) is 20.7. The fourth-order valence-electron chi connectivity index (χ4n) is 3.58. The Labute approximate surface area is 210 Å². The fourth-order valence-corrected chi connectivity index (χ4v) is 4.53. The molecular weight excluding hydrogens is 466 g/mol. The Balaban J connectivity index is 2.00. The Kier molecular flexibility index (Phi) is 9.14. The van der Waals surface area contributed by atoms with Gasteiger partial charge in [0.25, 0.3) is 5.91 Å². The highest BCUT2D eigenvalue weighted by atomic mass is 32.1. The van der Waals surface area contributed by atoms with Crippen molar-refractivity contribution in [2.24, 2.45) is 0 Å². The number of carbonyl (C=O) groups excluding carboxylic acids is 2. The van der Waals surface area contributed by atoms with Gasteiger partial charge in [-0.3, -0.25) is 4.79 Å². The number of anilines is 1. The summed E-state index contributed by atoms with van der Waals surface area (Å²) in [6, 6.07) is 11.2. The largest absolute Gasteiger partial charge is 0.490 e. The van der Waals surface area contributed by atoms with E-state index in [-0.39, 0.29) is 0 Å². The van der Waals surface area contributed by atoms with E-state index < -0.39 is 11.9 Å². The van der Waals surface area contributed by atoms with Crippen molar-refractivity contribution in [2.45, 2.75) is 34.1 Å². The molecular formula is C27H31NO6S. The number of thiophene rings is 1. The molecule has 0 aliphatic heterocycles. The third-order valence-electron chi connectivity index (χ3n) is 5.25. The average Bonchev–Trinajstić information content (AvgIpc) is 3.29. The first-order chi connectivity index (χ1) is 17.0. The Morgan fingerprint density at radius 3 is 2.00 bits per heavy atom. The van der Waals surface area contributed by atoms with Crippen LogP contribution in [0, 0.1) is 0 Å². The first kappa shape index (κ1) is 26.1. The fraction of sp³-hybridized carbons (Fsp3) is 0.333. The SMILES string of the molecule is CCOc1cc(C(=O)Nc2scc(-c3ccc(CC)cc3)c2C(=O)OC)cc(OCC)c1OCC. The van der Waals surface area contributed by atoms with Crippen molar-refractivity contribution in [1.82, 2.24) is 0 Å². The summed E-state index contributed by atoms with van der Waals surface area (Å²) in [5.74, 6) is 0.364. The number of hydrogen-bond acceptors (Lipinski definition) is 7. The third-order valence-corrected chi connectivity index (χ3v) is 6.15. The van der Waals surface area contributed by atoms with Crippen LogP contribution in [0.1, 0.15) is 54.0 Å². The van der Waals surface area contributed by atoms with Crippen LogP contribution in [0.25, 0.3) is 11.1 Å². The number of amides is 1. The average molecular weight is 498 g/mol. The molecule has 0 bridgehead atoms. The van der Waals surface area contributed by atoms with Gasteiger partial charge in [-0.2, -0.15) is 0 Å². The van der Waals surface area contributed by atoms with Crippen LogP contribution in [0.4, 0.5) is 5.00 Å². The van der Waals surface area contributed by atoms with E-state index in [4.69, 9.17) is 18.9 Å². The van der Waals surface area contributed by atoms with Gasteiger partial charge in [-0.25, -0.2) is 4.79 Å². The van der Waals surface area contributed by atoms with Gasteiger partial charge >= 0.3 is 5.97 Å². The highest BCUT2D eigenvalue weighted by molar-refractivity contribution is 7.15. The number of esters is 1. The number of carbonyl (C=O) groups is 2. The highest BCUT2D eigenvalue weighted by Crippen LogP contribution is 2.40. The number of nitrogens with one attached hydrogen (secondary N) is 1. The summed E-state index contributed by atoms with van der Waals surface area (Å²) < 4.78 is 22.2. The van der Waals surface area contributed by atoms with Crippen molar-refractivity contribution < 1.29 is 28.5 Å². The van der Waals surface area contributed by atoms with Gasteiger partial charge in [0.2, 0.25) is 5.75 Å². The van der Waals surface area contributed by atoms with E-state index in [1.165, 1.54) is 24.0 Å². The maximum Gasteiger partial charge on any atom is 0.341 e. The smallest absolute Gasteiger partial charge is 0.341 e. The van der Waals surface area contributed by atoms with Gasteiger partial charge in [0.1, 0.15) is 10.6 Å². The molecule has 0 aliphatic rings. The molecule has 7 nitrogen and oxygen atoms in total. The highest BCUT2D eigenvalue weighted by Gasteiger charge is 2.24. The molecule has 0 saturated carbocycles. The van der Waals surface area contributed by atoms with E-state index in [0.29, 0.717) is 58.8 Å². The molecule has 3 rings (SSSR count). The summed E-state index contributed by atoms with van der Waals surface area (Å²) in [6.07, 6.45) is 0.921. The van der Waals surface area contributed by atoms with Gasteiger partial charge in [0, 0.05) is 16.5 Å². The molecule has 1 heterocycles. The molecule has 0 saturated heterocycles. The lowest BCUT2D eigenvalue weighted by atomic mass is 10.0. The second-order valence-electron chi connectivity index (χ2n) is 7.45. The van der Waals surface area contributed by atoms with E-state index in [9.17, 15) is 9.59 Å². The number of ether oxygens (including phenoxy) is 4. The minimum atomic E-state index is -0.521. The zero-order chi connectivity index (χ0) is 25.4. The van der Waals surface area contributed by atoms with Crippen molar-refractivity contribution in [2.75, 3.05) is 32.2 Å². The topological polar surface area (TPSA) is 83.1 Å². The first-order valence-corrected chi connectivity index (χ1v) is 12.5. The third kappa shape index (κ3) is 5.95. The molecule has 0 atom stereocenters. The van der Waals surface area contributed by atoms with E-state index >= 15 is 0 Å². The van der Waals surface area contributed by atoms with Crippen molar-refractivity contribution >= 4 is 28.2 Å². The Morgan fingerprint density at radius 2 is 1.49 bits per heavy atom. The molecule has 0 spiro atoms. The summed E-state index contributed by atoms with van der Waals surface area (Å²) in [5.41, 5.74) is 3.41. The predicted molar refractivity (Wildman–Crippen MR) is 138 cm³/mol. The molecule has 0 radical (unpaired) electrons. The molecule has 1 amide bonds. The molecule has 1 aromatic heterocycles. The summed E-state index contributed by atoms with van der Waals surface area (Å²) in [5, 5.41) is 5.12. The van der Waals surface area contributed by atoms with E-state index in [1.807, 2.05) is 50.4 Å². The maximum absolute atomic E-state index is 13.3. The maximum atomic E-state index is 13.3. The normalized spacial score (nSPS) is 10.5. The van der Waals surface area contributed by atoms with Crippen LogP contribution in [-0.4, -0.2) is 38.8 Å². The number of aryl methyl sites for hydroxylation is 1. The zero-order valence-corrected chi connectivity index (χ0v) is 21.5. The first-order valence-electron chi connectivity index (χ1n) is 11.6. The Bertz CT molecular complexity index is 1140. The lowest BCUT2D eigenvalue weighted by molar-refractivity contribution is 0.0603. The minimum Gasteiger partial charge on any atom is -0.490 e. The number of methoxy groups -OCH3 is 1. The Morgan fingerprint density at radius 1 is 0.886 bits per heavy atom. The molecule has 186 valence electrons. The van der Waals surface area contributed by atoms with Crippen LogP contribution in [0.3, 0.4) is 0 Å². The van der Waals surface area contributed by atoms with Gasteiger partial charge in [-0.1, -0.05) is 31.2 Å². The summed E-state index contributed by atoms with van der Waals surface area (Å²) in [6.45, 7) is 8.87. The van der Waals surface area contributed by atoms with E-state index in [2.05, 4.69) is 12.2 Å². The standard InChI is InChI=1S/C27H31NO6S/c1-6-17-10-12-18(13-11-17)20-16-35-26(23(20)27(30)31-5)28-25(29)19-14-21(32-7-2)24(34-9-4)22(15-19)33-8-3/h10-16H,6-9H2,1-5H3,(H,28,29). The Hall–Kier alpha value is -3.52. The second kappa shape index (κ2) is 12.3. The van der Waals surface area contributed by atoms with Crippen LogP contribution in [0.2, 0.25) is 0 Å². The molecule has 0 unspecified atom stereocenters. The molecule has 1 N–H and O–H groups in total. The van der Waals surface area contributed by atoms with Crippen LogP contribution in [0.15, 0.2) is 41.8 Å². The quantitative estimate of drug-likeness (QED) is 0.317. The van der Waals surface area contributed by atoms with Crippen molar-refractivity contribution in [3.05, 3.63) is 58.5 Å². The number of benzene rings is 2. The van der Waals surface area contributed by atoms with Gasteiger partial charge in [-0.05, 0) is 50.5 Å². The van der Waals surface area contributed by atoms with E-state index in [1.54, 1.807) is 12.1 Å². The van der Waals surface area contributed by atoms with Crippen LogP contribution in [0.5, 0.6) is 17.2 Å². The number of hydrogen-bond donors (Lipinski definition) is 1. The van der Waals surface area contributed by atoms with Crippen LogP contribution < -0.4 is 19.5 Å². The minimum absolute atomic E-state index is 0.316. The van der Waals surface area contributed by atoms with E-state index in [0.717, 1.165) is 12.0 Å². The molecule has 0 aliphatic carbocycles. The summed E-state index contributed by atoms with van der Waals surface area (Å²) in [4.78, 5) is 26.0.